The number of sulfonamides is 1. The molecular formula is C10H22ClN3O3S. The highest BCUT2D eigenvalue weighted by atomic mass is 35.5. The molecule has 6 nitrogen and oxygen atoms in total. The van der Waals surface area contributed by atoms with Crippen LogP contribution in [0.3, 0.4) is 0 Å². The molecule has 1 atom stereocenters. The van der Waals surface area contributed by atoms with Crippen LogP contribution in [0.1, 0.15) is 26.2 Å². The second kappa shape index (κ2) is 7.93. The Kier molecular flexibility index (Phi) is 7.77. The van der Waals surface area contributed by atoms with Gasteiger partial charge in [-0.15, -0.1) is 12.4 Å². The van der Waals surface area contributed by atoms with Crippen LogP contribution in [0.2, 0.25) is 0 Å². The summed E-state index contributed by atoms with van der Waals surface area (Å²) >= 11 is 0. The molecule has 0 aromatic heterocycles. The maximum atomic E-state index is 11.5. The van der Waals surface area contributed by atoms with Gasteiger partial charge in [-0.1, -0.05) is 6.42 Å². The summed E-state index contributed by atoms with van der Waals surface area (Å²) in [5.74, 6) is 0.0562. The van der Waals surface area contributed by atoms with Gasteiger partial charge in [-0.05, 0) is 25.7 Å². The Morgan fingerprint density at radius 3 is 2.50 bits per heavy atom. The Bertz CT molecular complexity index is 355. The summed E-state index contributed by atoms with van der Waals surface area (Å²) in [6.07, 6.45) is 3.39. The predicted octanol–water partition coefficient (Wildman–Crippen LogP) is -0.409. The average molecular weight is 300 g/mol. The summed E-state index contributed by atoms with van der Waals surface area (Å²) < 4.78 is 25.6. The lowest BCUT2D eigenvalue weighted by Gasteiger charge is -2.25. The number of carbonyl (C=O) groups excluding carboxylic acids is 1. The second-order valence-corrected chi connectivity index (χ2v) is 6.47. The zero-order valence-corrected chi connectivity index (χ0v) is 12.1. The highest BCUT2D eigenvalue weighted by molar-refractivity contribution is 7.89. The van der Waals surface area contributed by atoms with Crippen molar-refractivity contribution in [1.82, 2.24) is 10.0 Å². The third kappa shape index (κ3) is 6.53. The van der Waals surface area contributed by atoms with E-state index in [-0.39, 0.29) is 30.6 Å². The number of rotatable bonds is 7. The van der Waals surface area contributed by atoms with Gasteiger partial charge in [0.2, 0.25) is 15.9 Å². The molecule has 1 fully saturated rings. The molecule has 0 aliphatic heterocycles. The van der Waals surface area contributed by atoms with E-state index in [1.165, 1.54) is 6.42 Å². The SMILES string of the molecule is C[C@H](N)C(=O)NCCS(=O)(=O)NCC1CCC1.Cl. The molecule has 4 N–H and O–H groups in total. The van der Waals surface area contributed by atoms with Gasteiger partial charge in [-0.3, -0.25) is 4.79 Å². The molecule has 0 aromatic carbocycles. The smallest absolute Gasteiger partial charge is 0.236 e. The number of amides is 1. The number of nitrogens with one attached hydrogen (secondary N) is 2. The standard InChI is InChI=1S/C10H21N3O3S.ClH/c1-8(11)10(14)12-5-6-17(15,16)13-7-9-3-2-4-9;/h8-9,13H,2-7,11H2,1H3,(H,12,14);1H/t8-;/m0./s1. The number of hydrogen-bond acceptors (Lipinski definition) is 4. The third-order valence-corrected chi connectivity index (χ3v) is 4.25. The predicted molar refractivity (Wildman–Crippen MR) is 73.0 cm³/mol. The van der Waals surface area contributed by atoms with E-state index in [0.717, 1.165) is 12.8 Å². The molecule has 0 heterocycles. The molecule has 1 amide bonds. The van der Waals surface area contributed by atoms with Crippen molar-refractivity contribution < 1.29 is 13.2 Å². The topological polar surface area (TPSA) is 101 Å². The van der Waals surface area contributed by atoms with Crippen molar-refractivity contribution >= 4 is 28.3 Å². The Labute approximate surface area is 115 Å². The van der Waals surface area contributed by atoms with Gasteiger partial charge in [0.1, 0.15) is 0 Å². The molecule has 0 saturated heterocycles. The van der Waals surface area contributed by atoms with Crippen LogP contribution in [0.15, 0.2) is 0 Å². The van der Waals surface area contributed by atoms with Crippen LogP contribution < -0.4 is 15.8 Å². The zero-order chi connectivity index (χ0) is 12.9. The van der Waals surface area contributed by atoms with Crippen molar-refractivity contribution in [2.24, 2.45) is 11.7 Å². The fraction of sp³-hybridized carbons (Fsp3) is 0.900. The molecule has 0 aromatic rings. The highest BCUT2D eigenvalue weighted by Gasteiger charge is 2.20. The van der Waals surface area contributed by atoms with Crippen molar-refractivity contribution in [2.75, 3.05) is 18.8 Å². The minimum atomic E-state index is -3.28. The van der Waals surface area contributed by atoms with Gasteiger partial charge in [0.15, 0.2) is 0 Å². The quantitative estimate of drug-likeness (QED) is 0.595. The van der Waals surface area contributed by atoms with Gasteiger partial charge in [0, 0.05) is 13.1 Å². The van der Waals surface area contributed by atoms with E-state index in [9.17, 15) is 13.2 Å². The summed E-state index contributed by atoms with van der Waals surface area (Å²) in [6.45, 7) is 2.17. The zero-order valence-electron chi connectivity index (χ0n) is 10.5. The van der Waals surface area contributed by atoms with E-state index in [1.54, 1.807) is 6.92 Å². The highest BCUT2D eigenvalue weighted by Crippen LogP contribution is 2.25. The molecule has 1 rings (SSSR count). The minimum Gasteiger partial charge on any atom is -0.354 e. The lowest BCUT2D eigenvalue weighted by atomic mass is 9.86. The van der Waals surface area contributed by atoms with Gasteiger partial charge in [-0.25, -0.2) is 13.1 Å². The molecule has 1 aliphatic rings. The second-order valence-electron chi connectivity index (χ2n) is 4.54. The van der Waals surface area contributed by atoms with Gasteiger partial charge in [0.25, 0.3) is 0 Å². The van der Waals surface area contributed by atoms with Crippen LogP contribution in [0.5, 0.6) is 0 Å². The van der Waals surface area contributed by atoms with Gasteiger partial charge >= 0.3 is 0 Å². The average Bonchev–Trinajstić information content (AvgIpc) is 2.14. The molecule has 108 valence electrons. The van der Waals surface area contributed by atoms with Crippen molar-refractivity contribution in [1.29, 1.82) is 0 Å². The maximum Gasteiger partial charge on any atom is 0.236 e. The molecular weight excluding hydrogens is 278 g/mol. The molecule has 18 heavy (non-hydrogen) atoms. The van der Waals surface area contributed by atoms with Crippen LogP contribution in [0.25, 0.3) is 0 Å². The van der Waals surface area contributed by atoms with Crippen LogP contribution >= 0.6 is 12.4 Å². The largest absolute Gasteiger partial charge is 0.354 e. The van der Waals surface area contributed by atoms with E-state index in [2.05, 4.69) is 10.0 Å². The molecule has 8 heteroatoms. The number of hydrogen-bond donors (Lipinski definition) is 3. The van der Waals surface area contributed by atoms with E-state index in [1.807, 2.05) is 0 Å². The van der Waals surface area contributed by atoms with E-state index in [0.29, 0.717) is 12.5 Å². The minimum absolute atomic E-state index is 0. The summed E-state index contributed by atoms with van der Waals surface area (Å²) in [4.78, 5) is 11.1. The van der Waals surface area contributed by atoms with Crippen LogP contribution in [0.4, 0.5) is 0 Å². The lowest BCUT2D eigenvalue weighted by Crippen LogP contribution is -2.42. The molecule has 0 spiro atoms. The molecule has 0 bridgehead atoms. The summed E-state index contributed by atoms with van der Waals surface area (Å²) in [5, 5.41) is 2.47. The third-order valence-electron chi connectivity index (χ3n) is 2.90. The number of nitrogens with two attached hydrogens (primary N) is 1. The van der Waals surface area contributed by atoms with Gasteiger partial charge < -0.3 is 11.1 Å². The normalized spacial score (nSPS) is 17.4. The van der Waals surface area contributed by atoms with Crippen molar-refractivity contribution in [3.05, 3.63) is 0 Å². The Morgan fingerprint density at radius 2 is 2.06 bits per heavy atom. The van der Waals surface area contributed by atoms with Crippen LogP contribution in [-0.2, 0) is 14.8 Å². The first-order chi connectivity index (χ1) is 7.91. The Balaban J connectivity index is 0.00000289. The van der Waals surface area contributed by atoms with E-state index in [4.69, 9.17) is 5.73 Å². The van der Waals surface area contributed by atoms with Crippen molar-refractivity contribution in [3.63, 3.8) is 0 Å². The van der Waals surface area contributed by atoms with Gasteiger partial charge in [-0.2, -0.15) is 0 Å². The Morgan fingerprint density at radius 1 is 1.44 bits per heavy atom. The van der Waals surface area contributed by atoms with E-state index >= 15 is 0 Å². The van der Waals surface area contributed by atoms with Gasteiger partial charge in [0.05, 0.1) is 11.8 Å². The first-order valence-electron chi connectivity index (χ1n) is 5.91. The first kappa shape index (κ1) is 17.6. The molecule has 0 radical (unpaired) electrons. The van der Waals surface area contributed by atoms with E-state index < -0.39 is 16.1 Å². The summed E-state index contributed by atoms with van der Waals surface area (Å²) in [7, 11) is -3.28. The summed E-state index contributed by atoms with van der Waals surface area (Å²) in [6, 6.07) is -0.611. The van der Waals surface area contributed by atoms with Crippen molar-refractivity contribution in [3.8, 4) is 0 Å². The molecule has 1 aliphatic carbocycles. The lowest BCUT2D eigenvalue weighted by molar-refractivity contribution is -0.121. The number of halogens is 1. The molecule has 0 unspecified atom stereocenters. The fourth-order valence-electron chi connectivity index (χ4n) is 1.48. The first-order valence-corrected chi connectivity index (χ1v) is 7.56. The number of carbonyl (C=O) groups is 1. The molecule has 1 saturated carbocycles. The Hall–Kier alpha value is -0.370. The summed E-state index contributed by atoms with van der Waals surface area (Å²) in [5.41, 5.74) is 5.33. The van der Waals surface area contributed by atoms with Crippen LogP contribution in [-0.4, -0.2) is 39.2 Å². The van der Waals surface area contributed by atoms with Crippen LogP contribution in [0, 0.1) is 5.92 Å². The maximum absolute atomic E-state index is 11.5. The monoisotopic (exact) mass is 299 g/mol. The fourth-order valence-corrected chi connectivity index (χ4v) is 2.49. The van der Waals surface area contributed by atoms with Crippen molar-refractivity contribution in [2.45, 2.75) is 32.2 Å².